The molecule has 11 heavy (non-hydrogen) atoms. The molecule has 2 unspecified atom stereocenters. The summed E-state index contributed by atoms with van der Waals surface area (Å²) in [4.78, 5) is 2.12. The van der Waals surface area contributed by atoms with Crippen molar-refractivity contribution in [3.8, 4) is 0 Å². The van der Waals surface area contributed by atoms with Gasteiger partial charge in [-0.05, 0) is 25.3 Å². The van der Waals surface area contributed by atoms with Crippen LogP contribution in [0.15, 0.2) is 0 Å². The molecule has 0 spiro atoms. The zero-order chi connectivity index (χ0) is 8.27. The molecule has 2 atom stereocenters. The second-order valence-electron chi connectivity index (χ2n) is 2.88. The number of alkyl halides is 1. The van der Waals surface area contributed by atoms with E-state index >= 15 is 0 Å². The monoisotopic (exact) mass is 192 g/mol. The Morgan fingerprint density at radius 3 is 3.09 bits per heavy atom. The predicted octanol–water partition coefficient (Wildman–Crippen LogP) is 2.21. The molecule has 0 N–H and O–H groups in total. The average Bonchev–Trinajstić information content (AvgIpc) is 1.98. The van der Waals surface area contributed by atoms with Crippen molar-refractivity contribution < 1.29 is 0 Å². The van der Waals surface area contributed by atoms with Crippen molar-refractivity contribution in [3.05, 3.63) is 7.05 Å². The molecule has 1 saturated heterocycles. The number of nitrogens with zero attached hydrogens (tertiary/aromatic N) is 1. The Bertz CT molecular complexity index is 121. The summed E-state index contributed by atoms with van der Waals surface area (Å²) in [6.45, 7) is 4.28. The number of hydrogen-bond donors (Lipinski definition) is 0. The van der Waals surface area contributed by atoms with E-state index in [9.17, 15) is 0 Å². The zero-order valence-electron chi connectivity index (χ0n) is 6.92. The molecule has 1 aliphatic heterocycles. The number of piperidine rings is 1. The fourth-order valence-electron chi connectivity index (χ4n) is 1.32. The molecule has 3 heteroatoms. The third-order valence-electron chi connectivity index (χ3n) is 1.94. The second kappa shape index (κ2) is 4.58. The molecule has 0 bridgehead atoms. The SMILES string of the molecule is [CH2-]N1CCC(Cl)C(SCC)C1. The Balaban J connectivity index is 2.34. The molecule has 1 rings (SSSR count). The first-order valence-electron chi connectivity index (χ1n) is 4.05. The molecule has 0 amide bonds. The van der Waals surface area contributed by atoms with Crippen molar-refractivity contribution in [3.63, 3.8) is 0 Å². The topological polar surface area (TPSA) is 3.24 Å². The minimum atomic E-state index is 0.359. The van der Waals surface area contributed by atoms with E-state index in [4.69, 9.17) is 11.6 Å². The maximum Gasteiger partial charge on any atom is 0.0477 e. The Morgan fingerprint density at radius 1 is 1.73 bits per heavy atom. The fraction of sp³-hybridized carbons (Fsp3) is 0.875. The van der Waals surface area contributed by atoms with Gasteiger partial charge in [-0.2, -0.15) is 11.8 Å². The highest BCUT2D eigenvalue weighted by Gasteiger charge is 2.23. The highest BCUT2D eigenvalue weighted by Crippen LogP contribution is 2.26. The summed E-state index contributed by atoms with van der Waals surface area (Å²) in [5, 5.41) is 0.950. The molecule has 1 aliphatic rings. The van der Waals surface area contributed by atoms with Crippen LogP contribution in [0.3, 0.4) is 0 Å². The van der Waals surface area contributed by atoms with E-state index in [1.54, 1.807) is 0 Å². The van der Waals surface area contributed by atoms with E-state index in [-0.39, 0.29) is 0 Å². The van der Waals surface area contributed by atoms with Gasteiger partial charge in [0, 0.05) is 10.6 Å². The molecule has 1 nitrogen and oxygen atoms in total. The van der Waals surface area contributed by atoms with Gasteiger partial charge in [0.05, 0.1) is 0 Å². The van der Waals surface area contributed by atoms with Crippen molar-refractivity contribution in [2.75, 3.05) is 18.8 Å². The molecule has 0 radical (unpaired) electrons. The largest absolute Gasteiger partial charge is 0.458 e. The summed E-state index contributed by atoms with van der Waals surface area (Å²) >= 11 is 8.10. The number of thioether (sulfide) groups is 1. The average molecular weight is 193 g/mol. The van der Waals surface area contributed by atoms with Gasteiger partial charge in [-0.1, -0.05) is 6.92 Å². The minimum absolute atomic E-state index is 0.359. The van der Waals surface area contributed by atoms with Crippen LogP contribution in [0.25, 0.3) is 0 Å². The first-order valence-corrected chi connectivity index (χ1v) is 5.53. The maximum atomic E-state index is 6.15. The summed E-state index contributed by atoms with van der Waals surface area (Å²) in [6.07, 6.45) is 1.09. The van der Waals surface area contributed by atoms with Crippen LogP contribution in [0.5, 0.6) is 0 Å². The number of hydrogen-bond acceptors (Lipinski definition) is 2. The van der Waals surface area contributed by atoms with Crippen LogP contribution in [0, 0.1) is 7.05 Å². The van der Waals surface area contributed by atoms with Gasteiger partial charge in [-0.15, -0.1) is 11.6 Å². The Hall–Kier alpha value is 0.600. The Morgan fingerprint density at radius 2 is 2.45 bits per heavy atom. The molecular weight excluding hydrogens is 178 g/mol. The van der Waals surface area contributed by atoms with Crippen LogP contribution in [0.1, 0.15) is 13.3 Å². The van der Waals surface area contributed by atoms with E-state index in [0.29, 0.717) is 10.6 Å². The predicted molar refractivity (Wildman–Crippen MR) is 53.1 cm³/mol. The number of rotatable bonds is 2. The van der Waals surface area contributed by atoms with Crippen LogP contribution in [-0.4, -0.2) is 34.4 Å². The lowest BCUT2D eigenvalue weighted by Crippen LogP contribution is -2.39. The fourth-order valence-corrected chi connectivity index (χ4v) is 2.81. The standard InChI is InChI=1S/C8H15ClNS/c1-3-11-8-6-10(2)5-4-7(8)9/h7-8H,2-6H2,1H3/q-1. The quantitative estimate of drug-likeness (QED) is 0.488. The molecule has 0 aromatic rings. The van der Waals surface area contributed by atoms with Crippen LogP contribution in [0.2, 0.25) is 0 Å². The van der Waals surface area contributed by atoms with Gasteiger partial charge in [0.1, 0.15) is 0 Å². The van der Waals surface area contributed by atoms with E-state index in [1.165, 1.54) is 0 Å². The first-order chi connectivity index (χ1) is 5.24. The van der Waals surface area contributed by atoms with Gasteiger partial charge in [0.15, 0.2) is 0 Å². The lowest BCUT2D eigenvalue weighted by Gasteiger charge is -2.38. The number of halogens is 1. The highest BCUT2D eigenvalue weighted by atomic mass is 35.5. The minimum Gasteiger partial charge on any atom is -0.458 e. The summed E-state index contributed by atoms with van der Waals surface area (Å²) in [5.74, 6) is 1.15. The van der Waals surface area contributed by atoms with Crippen molar-refractivity contribution in [1.29, 1.82) is 0 Å². The molecular formula is C8H15ClNS-. The van der Waals surface area contributed by atoms with Crippen molar-refractivity contribution >= 4 is 23.4 Å². The highest BCUT2D eigenvalue weighted by molar-refractivity contribution is 8.00. The van der Waals surface area contributed by atoms with Gasteiger partial charge >= 0.3 is 0 Å². The molecule has 0 aromatic heterocycles. The molecule has 0 saturated carbocycles. The van der Waals surface area contributed by atoms with E-state index < -0.39 is 0 Å². The number of likely N-dealkylation sites (tertiary alicyclic amines) is 1. The van der Waals surface area contributed by atoms with Crippen molar-refractivity contribution in [1.82, 2.24) is 4.90 Å². The van der Waals surface area contributed by atoms with Crippen LogP contribution in [0.4, 0.5) is 0 Å². The third-order valence-corrected chi connectivity index (χ3v) is 3.85. The smallest absolute Gasteiger partial charge is 0.0477 e. The summed E-state index contributed by atoms with van der Waals surface area (Å²) in [5.41, 5.74) is 0. The van der Waals surface area contributed by atoms with Crippen LogP contribution in [-0.2, 0) is 0 Å². The van der Waals surface area contributed by atoms with E-state index in [2.05, 4.69) is 18.9 Å². The van der Waals surface area contributed by atoms with Crippen molar-refractivity contribution in [2.24, 2.45) is 0 Å². The van der Waals surface area contributed by atoms with Gasteiger partial charge in [0.25, 0.3) is 0 Å². The Labute approximate surface area is 78.5 Å². The van der Waals surface area contributed by atoms with Crippen LogP contribution >= 0.6 is 23.4 Å². The summed E-state index contributed by atoms with van der Waals surface area (Å²) < 4.78 is 0. The van der Waals surface area contributed by atoms with E-state index in [0.717, 1.165) is 25.3 Å². The molecule has 66 valence electrons. The van der Waals surface area contributed by atoms with Crippen LogP contribution < -0.4 is 0 Å². The lowest BCUT2D eigenvalue weighted by molar-refractivity contribution is 0.315. The molecule has 1 fully saturated rings. The first kappa shape index (κ1) is 9.69. The third kappa shape index (κ3) is 2.85. The van der Waals surface area contributed by atoms with Gasteiger partial charge < -0.3 is 4.90 Å². The normalized spacial score (nSPS) is 34.1. The second-order valence-corrected chi connectivity index (χ2v) is 4.95. The zero-order valence-corrected chi connectivity index (χ0v) is 8.50. The van der Waals surface area contributed by atoms with Gasteiger partial charge in [-0.3, -0.25) is 7.05 Å². The summed E-state index contributed by atoms with van der Waals surface area (Å²) in [7, 11) is 3.93. The van der Waals surface area contributed by atoms with Gasteiger partial charge in [0.2, 0.25) is 0 Å². The summed E-state index contributed by atoms with van der Waals surface area (Å²) in [6, 6.07) is 0. The molecule has 1 heterocycles. The van der Waals surface area contributed by atoms with E-state index in [1.807, 2.05) is 11.8 Å². The lowest BCUT2D eigenvalue weighted by atomic mass is 10.1. The molecule has 0 aliphatic carbocycles. The Kier molecular flexibility index (Phi) is 4.04. The van der Waals surface area contributed by atoms with Crippen molar-refractivity contribution in [2.45, 2.75) is 24.0 Å². The van der Waals surface area contributed by atoms with Gasteiger partial charge in [-0.25, -0.2) is 0 Å². The molecule has 0 aromatic carbocycles. The maximum absolute atomic E-state index is 6.15.